The first-order chi connectivity index (χ1) is 6.27. The fourth-order valence-electron chi connectivity index (χ4n) is 1.52. The quantitative estimate of drug-likeness (QED) is 0.736. The topological polar surface area (TPSA) is 53.1 Å². The van der Waals surface area contributed by atoms with E-state index in [0.717, 1.165) is 25.2 Å². The van der Waals surface area contributed by atoms with Crippen molar-refractivity contribution in [3.63, 3.8) is 0 Å². The minimum Gasteiger partial charge on any atom is -0.379 e. The van der Waals surface area contributed by atoms with Gasteiger partial charge in [-0.2, -0.15) is 5.10 Å². The second-order valence-corrected chi connectivity index (χ2v) is 3.56. The van der Waals surface area contributed by atoms with Gasteiger partial charge in [0.25, 0.3) is 0 Å². The van der Waals surface area contributed by atoms with Crippen LogP contribution in [0, 0.1) is 0 Å². The Bertz CT molecular complexity index is 276. The van der Waals surface area contributed by atoms with Crippen LogP contribution in [-0.4, -0.2) is 23.0 Å². The fraction of sp³-hybridized carbons (Fsp3) is 0.667. The number of hydrogen-bond donors (Lipinski definition) is 1. The molecule has 2 N–H and O–H groups in total. The van der Waals surface area contributed by atoms with E-state index in [2.05, 4.69) is 5.10 Å². The summed E-state index contributed by atoms with van der Waals surface area (Å²) in [4.78, 5) is 0. The molecule has 1 aromatic rings. The number of hydrogen-bond acceptors (Lipinski definition) is 3. The maximum atomic E-state index is 5.74. The molecule has 0 aliphatic carbocycles. The Kier molecular flexibility index (Phi) is 2.33. The standard InChI is InChI=1S/C9H15N3O/c1-7(10)8-4-11-12(5-8)9-2-3-13-6-9/h4-5,7,9H,2-3,6,10H2,1H3. The molecule has 13 heavy (non-hydrogen) atoms. The molecule has 1 saturated heterocycles. The lowest BCUT2D eigenvalue weighted by molar-refractivity contribution is 0.184. The fourth-order valence-corrected chi connectivity index (χ4v) is 1.52. The Morgan fingerprint density at radius 3 is 3.15 bits per heavy atom. The van der Waals surface area contributed by atoms with Crippen LogP contribution in [0.2, 0.25) is 0 Å². The van der Waals surface area contributed by atoms with Gasteiger partial charge in [0.2, 0.25) is 0 Å². The zero-order valence-electron chi connectivity index (χ0n) is 7.81. The molecular weight excluding hydrogens is 166 g/mol. The number of nitrogens with zero attached hydrogens (tertiary/aromatic N) is 2. The second kappa shape index (κ2) is 3.47. The SMILES string of the molecule is CC(N)c1cnn(C2CCOC2)c1. The van der Waals surface area contributed by atoms with Crippen molar-refractivity contribution in [2.45, 2.75) is 25.4 Å². The van der Waals surface area contributed by atoms with Crippen molar-refractivity contribution in [2.24, 2.45) is 5.73 Å². The van der Waals surface area contributed by atoms with Gasteiger partial charge in [-0.15, -0.1) is 0 Å². The van der Waals surface area contributed by atoms with Crippen LogP contribution in [-0.2, 0) is 4.74 Å². The molecule has 1 fully saturated rings. The Morgan fingerprint density at radius 2 is 2.62 bits per heavy atom. The van der Waals surface area contributed by atoms with Gasteiger partial charge in [-0.25, -0.2) is 0 Å². The monoisotopic (exact) mass is 181 g/mol. The summed E-state index contributed by atoms with van der Waals surface area (Å²) in [6.45, 7) is 3.59. The van der Waals surface area contributed by atoms with Gasteiger partial charge in [-0.05, 0) is 13.3 Å². The summed E-state index contributed by atoms with van der Waals surface area (Å²) in [6, 6.07) is 0.476. The van der Waals surface area contributed by atoms with Gasteiger partial charge in [0.15, 0.2) is 0 Å². The summed E-state index contributed by atoms with van der Waals surface area (Å²) in [7, 11) is 0. The van der Waals surface area contributed by atoms with Crippen molar-refractivity contribution in [1.82, 2.24) is 9.78 Å². The zero-order chi connectivity index (χ0) is 9.26. The van der Waals surface area contributed by atoms with E-state index in [1.165, 1.54) is 0 Å². The maximum absolute atomic E-state index is 5.74. The molecule has 0 radical (unpaired) electrons. The molecule has 2 heterocycles. The van der Waals surface area contributed by atoms with Gasteiger partial charge in [0.05, 0.1) is 18.8 Å². The Balaban J connectivity index is 2.12. The molecule has 2 rings (SSSR count). The highest BCUT2D eigenvalue weighted by atomic mass is 16.5. The smallest absolute Gasteiger partial charge is 0.0774 e. The first kappa shape index (κ1) is 8.72. The van der Waals surface area contributed by atoms with E-state index in [4.69, 9.17) is 10.5 Å². The van der Waals surface area contributed by atoms with Crippen LogP contribution in [0.1, 0.15) is 31.0 Å². The third kappa shape index (κ3) is 1.73. The largest absolute Gasteiger partial charge is 0.379 e. The average molecular weight is 181 g/mol. The highest BCUT2D eigenvalue weighted by Gasteiger charge is 2.18. The van der Waals surface area contributed by atoms with Crippen LogP contribution in [0.15, 0.2) is 12.4 Å². The molecule has 2 atom stereocenters. The first-order valence-corrected chi connectivity index (χ1v) is 4.65. The lowest BCUT2D eigenvalue weighted by Gasteiger charge is -2.07. The van der Waals surface area contributed by atoms with Gasteiger partial charge in [0.1, 0.15) is 0 Å². The molecule has 1 aliphatic rings. The third-order valence-electron chi connectivity index (χ3n) is 2.43. The van der Waals surface area contributed by atoms with Crippen molar-refractivity contribution in [3.8, 4) is 0 Å². The summed E-state index contributed by atoms with van der Waals surface area (Å²) in [5.41, 5.74) is 6.83. The van der Waals surface area contributed by atoms with Crippen LogP contribution in [0.5, 0.6) is 0 Å². The number of aromatic nitrogens is 2. The normalized spacial score (nSPS) is 24.9. The van der Waals surface area contributed by atoms with Crippen molar-refractivity contribution < 1.29 is 4.74 Å². The Hall–Kier alpha value is -0.870. The number of nitrogens with two attached hydrogens (primary N) is 1. The highest BCUT2D eigenvalue weighted by Crippen LogP contribution is 2.19. The predicted octanol–water partition coefficient (Wildman–Crippen LogP) is 0.864. The first-order valence-electron chi connectivity index (χ1n) is 4.65. The van der Waals surface area contributed by atoms with Crippen molar-refractivity contribution in [3.05, 3.63) is 18.0 Å². The molecule has 72 valence electrons. The number of ether oxygens (including phenoxy) is 1. The highest BCUT2D eigenvalue weighted by molar-refractivity contribution is 5.08. The molecule has 4 heteroatoms. The van der Waals surface area contributed by atoms with E-state index >= 15 is 0 Å². The lowest BCUT2D eigenvalue weighted by Crippen LogP contribution is -2.09. The van der Waals surface area contributed by atoms with Crippen LogP contribution in [0.4, 0.5) is 0 Å². The van der Waals surface area contributed by atoms with E-state index in [1.807, 2.05) is 24.0 Å². The van der Waals surface area contributed by atoms with Crippen LogP contribution < -0.4 is 5.73 Å². The molecule has 0 amide bonds. The summed E-state index contributed by atoms with van der Waals surface area (Å²) >= 11 is 0. The molecule has 0 spiro atoms. The van der Waals surface area contributed by atoms with Gasteiger partial charge >= 0.3 is 0 Å². The minimum absolute atomic E-state index is 0.0658. The molecule has 1 aliphatic heterocycles. The van der Waals surface area contributed by atoms with Gasteiger partial charge in [-0.3, -0.25) is 4.68 Å². The average Bonchev–Trinajstić information content (AvgIpc) is 2.75. The minimum atomic E-state index is 0.0658. The summed E-state index contributed by atoms with van der Waals surface area (Å²) in [5, 5.41) is 4.28. The summed E-state index contributed by atoms with van der Waals surface area (Å²) in [5.74, 6) is 0. The summed E-state index contributed by atoms with van der Waals surface area (Å²) in [6.07, 6.45) is 4.91. The van der Waals surface area contributed by atoms with Crippen molar-refractivity contribution in [1.29, 1.82) is 0 Å². The Labute approximate surface area is 77.7 Å². The van der Waals surface area contributed by atoms with E-state index in [-0.39, 0.29) is 6.04 Å². The van der Waals surface area contributed by atoms with Gasteiger partial charge in [0, 0.05) is 24.4 Å². The van der Waals surface area contributed by atoms with E-state index in [9.17, 15) is 0 Å². The third-order valence-corrected chi connectivity index (χ3v) is 2.43. The van der Waals surface area contributed by atoms with E-state index in [1.54, 1.807) is 0 Å². The second-order valence-electron chi connectivity index (χ2n) is 3.56. The van der Waals surface area contributed by atoms with E-state index < -0.39 is 0 Å². The molecule has 0 saturated carbocycles. The van der Waals surface area contributed by atoms with Gasteiger partial charge in [-0.1, -0.05) is 0 Å². The molecule has 2 unspecified atom stereocenters. The lowest BCUT2D eigenvalue weighted by atomic mass is 10.2. The van der Waals surface area contributed by atoms with E-state index in [0.29, 0.717) is 6.04 Å². The molecule has 0 bridgehead atoms. The number of rotatable bonds is 2. The Morgan fingerprint density at radius 1 is 1.77 bits per heavy atom. The van der Waals surface area contributed by atoms with Crippen LogP contribution in [0.25, 0.3) is 0 Å². The predicted molar refractivity (Wildman–Crippen MR) is 49.3 cm³/mol. The van der Waals surface area contributed by atoms with Crippen LogP contribution >= 0.6 is 0 Å². The molecule has 1 aromatic heterocycles. The van der Waals surface area contributed by atoms with Gasteiger partial charge < -0.3 is 10.5 Å². The zero-order valence-corrected chi connectivity index (χ0v) is 7.81. The maximum Gasteiger partial charge on any atom is 0.0774 e. The molecule has 4 nitrogen and oxygen atoms in total. The molecule has 0 aromatic carbocycles. The van der Waals surface area contributed by atoms with Crippen LogP contribution in [0.3, 0.4) is 0 Å². The molecular formula is C9H15N3O. The van der Waals surface area contributed by atoms with Crippen molar-refractivity contribution in [2.75, 3.05) is 13.2 Å². The summed E-state index contributed by atoms with van der Waals surface area (Å²) < 4.78 is 7.25. The van der Waals surface area contributed by atoms with Crippen molar-refractivity contribution >= 4 is 0 Å².